The molecule has 0 bridgehead atoms. The smallest absolute Gasteiger partial charge is 0.417 e. The fraction of sp³-hybridized carbons (Fsp3) is 0.833. The zero-order chi connectivity index (χ0) is 23.4. The normalized spacial score (nSPS) is 20.5. The van der Waals surface area contributed by atoms with Gasteiger partial charge in [-0.2, -0.15) is 0 Å². The topological polar surface area (TPSA) is 66.8 Å². The van der Waals surface area contributed by atoms with E-state index >= 15 is 0 Å². The van der Waals surface area contributed by atoms with Crippen LogP contribution in [-0.2, 0) is 9.53 Å². The van der Waals surface area contributed by atoms with E-state index in [2.05, 4.69) is 41.5 Å². The van der Waals surface area contributed by atoms with Crippen LogP contribution in [0, 0.1) is 11.8 Å². The van der Waals surface area contributed by atoms with Crippen molar-refractivity contribution >= 4 is 20.1 Å². The first-order chi connectivity index (χ1) is 13.8. The summed E-state index contributed by atoms with van der Waals surface area (Å²) < 4.78 is 5.10. The Labute approximate surface area is 185 Å². The van der Waals surface area contributed by atoms with E-state index in [1.165, 1.54) is 4.90 Å². The number of rotatable bonds is 10. The van der Waals surface area contributed by atoms with Crippen molar-refractivity contribution in [3.63, 3.8) is 0 Å². The third kappa shape index (κ3) is 5.76. The predicted octanol–water partition coefficient (Wildman–Crippen LogP) is 6.00. The van der Waals surface area contributed by atoms with E-state index in [1.807, 2.05) is 26.8 Å². The number of ether oxygens (including phenoxy) is 1. The Morgan fingerprint density at radius 3 is 2.03 bits per heavy atom. The van der Waals surface area contributed by atoms with Gasteiger partial charge in [0.2, 0.25) is 0 Å². The van der Waals surface area contributed by atoms with Crippen molar-refractivity contribution in [3.8, 4) is 0 Å². The minimum absolute atomic E-state index is 0.136. The van der Waals surface area contributed by atoms with Gasteiger partial charge in [0, 0.05) is 11.5 Å². The number of nitrogens with zero attached hydrogens (tertiary/aromatic N) is 1. The zero-order valence-electron chi connectivity index (χ0n) is 20.9. The quantitative estimate of drug-likeness (QED) is 0.335. The molecule has 1 rings (SSSR count). The van der Waals surface area contributed by atoms with Gasteiger partial charge in [0.25, 0.3) is 5.91 Å². The molecule has 2 amide bonds. The van der Waals surface area contributed by atoms with Crippen LogP contribution in [0.25, 0.3) is 0 Å². The highest BCUT2D eigenvalue weighted by Crippen LogP contribution is 2.45. The van der Waals surface area contributed by atoms with Crippen molar-refractivity contribution in [2.75, 3.05) is 6.61 Å². The molecule has 0 radical (unpaired) electrons. The first-order valence-corrected chi connectivity index (χ1v) is 14.1. The van der Waals surface area contributed by atoms with Gasteiger partial charge in [-0.05, 0) is 19.3 Å². The number of imide groups is 1. The van der Waals surface area contributed by atoms with Crippen LogP contribution in [0.1, 0.15) is 75.7 Å². The molecule has 5 nitrogen and oxygen atoms in total. The molecule has 0 aromatic carbocycles. The Hall–Kier alpha value is -1.14. The average molecular weight is 440 g/mol. The summed E-state index contributed by atoms with van der Waals surface area (Å²) in [4.78, 5) is 26.2. The number of hydrogen-bond acceptors (Lipinski definition) is 4. The standard InChI is InChI=1S/C24H45NO4Si/c1-15(2)21-14-29-24(28)25(21)23(27)20(10)13-19(9)22(26)11-12-30(16(3)4,17(5)6)18(7)8/h13,15-19,21-22,26H,11-12,14H2,1-10H3/b20-13+/t19-,21+,22+/m0/s1. The minimum atomic E-state index is -1.57. The highest BCUT2D eigenvalue weighted by Gasteiger charge is 2.43. The first-order valence-electron chi connectivity index (χ1n) is 11.6. The fourth-order valence-electron chi connectivity index (χ4n) is 5.45. The molecule has 0 aromatic heterocycles. The molecular formula is C24H45NO4Si. The van der Waals surface area contributed by atoms with Crippen molar-refractivity contribution in [2.24, 2.45) is 11.8 Å². The van der Waals surface area contributed by atoms with E-state index in [0.717, 1.165) is 12.5 Å². The van der Waals surface area contributed by atoms with Gasteiger partial charge in [0.15, 0.2) is 0 Å². The van der Waals surface area contributed by atoms with Crippen LogP contribution in [0.3, 0.4) is 0 Å². The van der Waals surface area contributed by atoms with Crippen LogP contribution in [0.4, 0.5) is 4.79 Å². The minimum Gasteiger partial charge on any atom is -0.447 e. The van der Waals surface area contributed by atoms with Crippen molar-refractivity contribution in [2.45, 2.75) is 110 Å². The molecule has 1 N–H and O–H groups in total. The van der Waals surface area contributed by atoms with Crippen LogP contribution in [0.5, 0.6) is 0 Å². The van der Waals surface area contributed by atoms with Crippen LogP contribution in [-0.4, -0.2) is 48.8 Å². The molecule has 0 aliphatic carbocycles. The lowest BCUT2D eigenvalue weighted by Crippen LogP contribution is -2.45. The lowest BCUT2D eigenvalue weighted by Gasteiger charge is -2.44. The van der Waals surface area contributed by atoms with Gasteiger partial charge >= 0.3 is 6.09 Å². The molecule has 0 saturated carbocycles. The van der Waals surface area contributed by atoms with Crippen LogP contribution in [0.15, 0.2) is 11.6 Å². The molecule has 0 spiro atoms. The second-order valence-electron chi connectivity index (χ2n) is 10.5. The summed E-state index contributed by atoms with van der Waals surface area (Å²) in [5.74, 6) is -0.328. The van der Waals surface area contributed by atoms with Crippen LogP contribution in [0.2, 0.25) is 22.7 Å². The van der Waals surface area contributed by atoms with Crippen molar-refractivity contribution in [1.29, 1.82) is 0 Å². The van der Waals surface area contributed by atoms with E-state index < -0.39 is 20.3 Å². The van der Waals surface area contributed by atoms with Gasteiger partial charge in [-0.1, -0.05) is 91.1 Å². The average Bonchev–Trinajstić information content (AvgIpc) is 3.01. The van der Waals surface area contributed by atoms with Crippen molar-refractivity contribution in [3.05, 3.63) is 11.6 Å². The lowest BCUT2D eigenvalue weighted by molar-refractivity contribution is -0.125. The summed E-state index contributed by atoms with van der Waals surface area (Å²) in [5, 5.41) is 10.9. The maximum absolute atomic E-state index is 12.9. The third-order valence-corrected chi connectivity index (χ3v) is 15.1. The summed E-state index contributed by atoms with van der Waals surface area (Å²) in [6, 6.07) is 0.851. The maximum Gasteiger partial charge on any atom is 0.417 e. The Bertz CT molecular complexity index is 605. The van der Waals surface area contributed by atoms with E-state index in [0.29, 0.717) is 22.2 Å². The van der Waals surface area contributed by atoms with E-state index in [-0.39, 0.29) is 30.4 Å². The summed E-state index contributed by atoms with van der Waals surface area (Å²) in [6.07, 6.45) is 1.50. The molecule has 1 aliphatic heterocycles. The molecule has 30 heavy (non-hydrogen) atoms. The van der Waals surface area contributed by atoms with Crippen molar-refractivity contribution in [1.82, 2.24) is 4.90 Å². The number of carbonyl (C=O) groups excluding carboxylic acids is 2. The molecule has 1 fully saturated rings. The van der Waals surface area contributed by atoms with Crippen molar-refractivity contribution < 1.29 is 19.4 Å². The van der Waals surface area contributed by atoms with Gasteiger partial charge in [0.1, 0.15) is 6.61 Å². The Kier molecular flexibility index (Phi) is 9.81. The lowest BCUT2D eigenvalue weighted by atomic mass is 9.98. The maximum atomic E-state index is 12.9. The van der Waals surface area contributed by atoms with E-state index in [1.54, 1.807) is 6.92 Å². The third-order valence-electron chi connectivity index (χ3n) is 7.45. The number of aliphatic hydroxyl groups excluding tert-OH is 1. The molecule has 3 atom stereocenters. The molecular weight excluding hydrogens is 394 g/mol. The zero-order valence-corrected chi connectivity index (χ0v) is 21.9. The number of carbonyl (C=O) groups is 2. The predicted molar refractivity (Wildman–Crippen MR) is 126 cm³/mol. The van der Waals surface area contributed by atoms with Crippen LogP contribution < -0.4 is 0 Å². The summed E-state index contributed by atoms with van der Waals surface area (Å²) >= 11 is 0. The number of cyclic esters (lactones) is 1. The number of aliphatic hydroxyl groups is 1. The Balaban J connectivity index is 2.89. The van der Waals surface area contributed by atoms with Gasteiger partial charge in [-0.25, -0.2) is 9.69 Å². The summed E-state index contributed by atoms with van der Waals surface area (Å²) in [7, 11) is -1.57. The molecule has 0 unspecified atom stereocenters. The largest absolute Gasteiger partial charge is 0.447 e. The molecule has 1 heterocycles. The SMILES string of the molecule is C/C(=C\[C@H](C)[C@H](O)CC[Si](C(C)C)(C(C)C)C(C)C)C(=O)N1C(=O)OC[C@@H]1C(C)C. The first kappa shape index (κ1) is 26.9. The Morgan fingerprint density at radius 2 is 1.60 bits per heavy atom. The highest BCUT2D eigenvalue weighted by atomic mass is 28.3. The van der Waals surface area contributed by atoms with E-state index in [4.69, 9.17) is 4.74 Å². The van der Waals surface area contributed by atoms with Gasteiger partial charge in [0.05, 0.1) is 20.2 Å². The highest BCUT2D eigenvalue weighted by molar-refractivity contribution is 6.83. The molecule has 174 valence electrons. The monoisotopic (exact) mass is 439 g/mol. The Morgan fingerprint density at radius 1 is 1.10 bits per heavy atom. The fourth-order valence-corrected chi connectivity index (χ4v) is 12.0. The van der Waals surface area contributed by atoms with E-state index in [9.17, 15) is 14.7 Å². The second-order valence-corrected chi connectivity index (χ2v) is 16.6. The summed E-state index contributed by atoms with van der Waals surface area (Å²) in [5.41, 5.74) is 2.47. The summed E-state index contributed by atoms with van der Waals surface area (Å²) in [6.45, 7) is 21.9. The van der Waals surface area contributed by atoms with Gasteiger partial charge in [-0.3, -0.25) is 4.79 Å². The molecule has 6 heteroatoms. The molecule has 0 aromatic rings. The second kappa shape index (κ2) is 10.9. The van der Waals surface area contributed by atoms with Crippen LogP contribution >= 0.6 is 0 Å². The molecule has 1 aliphatic rings. The number of amides is 2. The van der Waals surface area contributed by atoms with Gasteiger partial charge in [-0.15, -0.1) is 0 Å². The van der Waals surface area contributed by atoms with Gasteiger partial charge < -0.3 is 9.84 Å². The molecule has 1 saturated heterocycles. The number of hydrogen-bond donors (Lipinski definition) is 1.